The summed E-state index contributed by atoms with van der Waals surface area (Å²) >= 11 is 0. The maximum Gasteiger partial charge on any atom is 0.307 e. The molecule has 0 atom stereocenters. The summed E-state index contributed by atoms with van der Waals surface area (Å²) in [4.78, 5) is 35.4. The highest BCUT2D eigenvalue weighted by atomic mass is 16.6. The van der Waals surface area contributed by atoms with E-state index in [1.807, 2.05) is 0 Å². The van der Waals surface area contributed by atoms with E-state index in [-0.39, 0.29) is 31.1 Å². The van der Waals surface area contributed by atoms with Crippen LogP contribution in [0.5, 0.6) is 0 Å². The topological polar surface area (TPSA) is 103 Å². The number of ether oxygens (including phenoxy) is 1. The number of amides is 1. The van der Waals surface area contributed by atoms with Gasteiger partial charge >= 0.3 is 5.97 Å². The van der Waals surface area contributed by atoms with Gasteiger partial charge in [-0.05, 0) is 35.9 Å². The van der Waals surface area contributed by atoms with Crippen LogP contribution >= 0.6 is 0 Å². The van der Waals surface area contributed by atoms with Gasteiger partial charge in [0.05, 0.1) is 31.3 Å². The van der Waals surface area contributed by atoms with Crippen LogP contribution in [0, 0.1) is 10.1 Å². The molecule has 136 valence electrons. The quantitative estimate of drug-likeness (QED) is 0.311. The standard InChI is InChI=1S/C18H18N2O6/c1-25-18(22)10-11-19(13-16-3-2-12-26-16)17(21)9-6-14-4-7-15(8-5-14)20(23)24/h2-9,12H,10-11,13H2,1H3/b9-6+. The molecule has 1 aromatic carbocycles. The molecule has 26 heavy (non-hydrogen) atoms. The number of non-ortho nitro benzene ring substituents is 1. The average molecular weight is 358 g/mol. The molecule has 0 saturated heterocycles. The first-order valence-corrected chi connectivity index (χ1v) is 7.80. The van der Waals surface area contributed by atoms with Gasteiger partial charge in [-0.2, -0.15) is 0 Å². The Balaban J connectivity index is 2.06. The normalized spacial score (nSPS) is 10.7. The Morgan fingerprint density at radius 1 is 1.27 bits per heavy atom. The first-order chi connectivity index (χ1) is 12.5. The number of nitro groups is 1. The minimum atomic E-state index is -0.490. The van der Waals surface area contributed by atoms with E-state index >= 15 is 0 Å². The summed E-state index contributed by atoms with van der Waals surface area (Å²) in [6.07, 6.45) is 4.47. The van der Waals surface area contributed by atoms with E-state index in [0.29, 0.717) is 11.3 Å². The first-order valence-electron chi connectivity index (χ1n) is 7.80. The summed E-state index contributed by atoms with van der Waals surface area (Å²) in [5.74, 6) is -0.141. The van der Waals surface area contributed by atoms with E-state index in [9.17, 15) is 19.7 Å². The molecule has 0 fully saturated rings. The molecule has 0 unspecified atom stereocenters. The lowest BCUT2D eigenvalue weighted by molar-refractivity contribution is -0.384. The fraction of sp³-hybridized carbons (Fsp3) is 0.222. The van der Waals surface area contributed by atoms with Gasteiger partial charge in [0.15, 0.2) is 0 Å². The molecule has 1 heterocycles. The lowest BCUT2D eigenvalue weighted by Crippen LogP contribution is -2.31. The van der Waals surface area contributed by atoms with Gasteiger partial charge in [0.2, 0.25) is 5.91 Å². The van der Waals surface area contributed by atoms with Crippen LogP contribution in [0.4, 0.5) is 5.69 Å². The van der Waals surface area contributed by atoms with Gasteiger partial charge in [-0.25, -0.2) is 0 Å². The van der Waals surface area contributed by atoms with Crippen molar-refractivity contribution >= 4 is 23.6 Å². The molecule has 0 radical (unpaired) electrons. The number of rotatable bonds is 8. The monoisotopic (exact) mass is 358 g/mol. The number of benzene rings is 1. The molecule has 0 aliphatic heterocycles. The zero-order valence-electron chi connectivity index (χ0n) is 14.2. The molecule has 2 rings (SSSR count). The third kappa shape index (κ3) is 5.59. The molecule has 0 aliphatic rings. The van der Waals surface area contributed by atoms with Gasteiger partial charge in [0, 0.05) is 24.8 Å². The molecule has 8 nitrogen and oxygen atoms in total. The van der Waals surface area contributed by atoms with Crippen LogP contribution in [-0.2, 0) is 20.9 Å². The number of esters is 1. The van der Waals surface area contributed by atoms with Gasteiger partial charge in [-0.1, -0.05) is 0 Å². The summed E-state index contributed by atoms with van der Waals surface area (Å²) in [7, 11) is 1.29. The van der Waals surface area contributed by atoms with Crippen molar-refractivity contribution in [2.24, 2.45) is 0 Å². The maximum absolute atomic E-state index is 12.5. The second kappa shape index (κ2) is 9.16. The van der Waals surface area contributed by atoms with Crippen LogP contribution < -0.4 is 0 Å². The first kappa shape index (κ1) is 18.9. The maximum atomic E-state index is 12.5. The van der Waals surface area contributed by atoms with Gasteiger partial charge in [-0.15, -0.1) is 0 Å². The molecule has 0 saturated carbocycles. The van der Waals surface area contributed by atoms with Crippen LogP contribution in [-0.4, -0.2) is 35.4 Å². The van der Waals surface area contributed by atoms with Crippen molar-refractivity contribution in [2.45, 2.75) is 13.0 Å². The van der Waals surface area contributed by atoms with Crippen molar-refractivity contribution in [3.63, 3.8) is 0 Å². The van der Waals surface area contributed by atoms with Crippen LogP contribution in [0.1, 0.15) is 17.7 Å². The Bertz CT molecular complexity index is 781. The summed E-state index contributed by atoms with van der Waals surface area (Å²) in [5.41, 5.74) is 0.626. The number of hydrogen-bond acceptors (Lipinski definition) is 6. The predicted octanol–water partition coefficient (Wildman–Crippen LogP) is 2.79. The predicted molar refractivity (Wildman–Crippen MR) is 92.9 cm³/mol. The van der Waals surface area contributed by atoms with E-state index in [0.717, 1.165) is 0 Å². The number of carbonyl (C=O) groups is 2. The Kier molecular flexibility index (Phi) is 6.67. The number of furan rings is 1. The number of carbonyl (C=O) groups excluding carboxylic acids is 2. The van der Waals surface area contributed by atoms with E-state index in [2.05, 4.69) is 4.74 Å². The van der Waals surface area contributed by atoms with Gasteiger partial charge in [0.25, 0.3) is 5.69 Å². The van der Waals surface area contributed by atoms with Crippen molar-refractivity contribution in [3.8, 4) is 0 Å². The molecule has 1 aromatic heterocycles. The highest BCUT2D eigenvalue weighted by Gasteiger charge is 2.15. The molecule has 0 spiro atoms. The zero-order chi connectivity index (χ0) is 18.9. The second-order valence-corrected chi connectivity index (χ2v) is 5.35. The fourth-order valence-electron chi connectivity index (χ4n) is 2.17. The summed E-state index contributed by atoms with van der Waals surface area (Å²) in [6, 6.07) is 9.27. The van der Waals surface area contributed by atoms with Gasteiger partial charge in [0.1, 0.15) is 5.76 Å². The summed E-state index contributed by atoms with van der Waals surface area (Å²) < 4.78 is 9.85. The molecular weight excluding hydrogens is 340 g/mol. The zero-order valence-corrected chi connectivity index (χ0v) is 14.2. The summed E-state index contributed by atoms with van der Waals surface area (Å²) in [5, 5.41) is 10.7. The SMILES string of the molecule is COC(=O)CCN(Cc1ccco1)C(=O)/C=C/c1ccc([N+](=O)[O-])cc1. The van der Waals surface area contributed by atoms with E-state index < -0.39 is 10.9 Å². The minimum Gasteiger partial charge on any atom is -0.469 e. The average Bonchev–Trinajstić information content (AvgIpc) is 3.16. The molecule has 0 N–H and O–H groups in total. The second-order valence-electron chi connectivity index (χ2n) is 5.35. The van der Waals surface area contributed by atoms with E-state index in [1.165, 1.54) is 36.5 Å². The van der Waals surface area contributed by atoms with Gasteiger partial charge in [-0.3, -0.25) is 19.7 Å². The number of hydrogen-bond donors (Lipinski definition) is 0. The highest BCUT2D eigenvalue weighted by Crippen LogP contribution is 2.13. The van der Waals surface area contributed by atoms with Crippen molar-refractivity contribution < 1.29 is 23.7 Å². The van der Waals surface area contributed by atoms with Crippen LogP contribution in [0.15, 0.2) is 53.2 Å². The van der Waals surface area contributed by atoms with Crippen molar-refractivity contribution in [1.82, 2.24) is 4.90 Å². The lowest BCUT2D eigenvalue weighted by atomic mass is 10.2. The number of nitro benzene ring substituents is 1. The van der Waals surface area contributed by atoms with E-state index in [4.69, 9.17) is 4.42 Å². The van der Waals surface area contributed by atoms with Gasteiger partial charge < -0.3 is 14.1 Å². The molecular formula is C18H18N2O6. The van der Waals surface area contributed by atoms with Crippen molar-refractivity contribution in [3.05, 3.63) is 70.2 Å². The van der Waals surface area contributed by atoms with Crippen molar-refractivity contribution in [1.29, 1.82) is 0 Å². The molecule has 0 aliphatic carbocycles. The summed E-state index contributed by atoms with van der Waals surface area (Å²) in [6.45, 7) is 0.393. The number of nitrogens with zero attached hydrogens (tertiary/aromatic N) is 2. The Labute approximate surface area is 149 Å². The Morgan fingerprint density at radius 2 is 2.00 bits per heavy atom. The third-order valence-corrected chi connectivity index (χ3v) is 3.57. The smallest absolute Gasteiger partial charge is 0.307 e. The Morgan fingerprint density at radius 3 is 2.58 bits per heavy atom. The fourth-order valence-corrected chi connectivity index (χ4v) is 2.17. The molecule has 8 heteroatoms. The van der Waals surface area contributed by atoms with Crippen LogP contribution in [0.2, 0.25) is 0 Å². The largest absolute Gasteiger partial charge is 0.469 e. The highest BCUT2D eigenvalue weighted by molar-refractivity contribution is 5.92. The molecule has 0 bridgehead atoms. The molecule has 1 amide bonds. The minimum absolute atomic E-state index is 0.0222. The van der Waals surface area contributed by atoms with Crippen LogP contribution in [0.25, 0.3) is 6.08 Å². The van der Waals surface area contributed by atoms with E-state index in [1.54, 1.807) is 30.3 Å². The Hall–Kier alpha value is -3.42. The molecule has 2 aromatic rings. The van der Waals surface area contributed by atoms with Crippen LogP contribution in [0.3, 0.4) is 0 Å². The third-order valence-electron chi connectivity index (χ3n) is 3.57. The number of methoxy groups -OCH3 is 1. The van der Waals surface area contributed by atoms with Crippen molar-refractivity contribution in [2.75, 3.05) is 13.7 Å². The lowest BCUT2D eigenvalue weighted by Gasteiger charge is -2.19.